The van der Waals surface area contributed by atoms with Crippen LogP contribution in [0, 0.1) is 6.92 Å². The Hall–Kier alpha value is -2.25. The van der Waals surface area contributed by atoms with Crippen LogP contribution in [-0.2, 0) is 16.6 Å². The summed E-state index contributed by atoms with van der Waals surface area (Å²) in [6, 6.07) is 10.1. The molecule has 144 valence electrons. The van der Waals surface area contributed by atoms with E-state index in [1.165, 1.54) is 6.07 Å². The Bertz CT molecular complexity index is 892. The number of nitrogens with one attached hydrogen (secondary N) is 2. The molecule has 1 aromatic carbocycles. The lowest BCUT2D eigenvalue weighted by Crippen LogP contribution is -2.36. The first kappa shape index (κ1) is 19.5. The molecule has 3 rings (SSSR count). The van der Waals surface area contributed by atoms with Crippen LogP contribution in [0.5, 0.6) is 0 Å². The summed E-state index contributed by atoms with van der Waals surface area (Å²) in [7, 11) is -3.64. The highest BCUT2D eigenvalue weighted by Gasteiger charge is 2.23. The molecular weight excluding hydrogens is 362 g/mol. The predicted molar refractivity (Wildman–Crippen MR) is 104 cm³/mol. The number of benzene rings is 1. The number of aromatic nitrogens is 1. The van der Waals surface area contributed by atoms with E-state index in [-0.39, 0.29) is 23.4 Å². The van der Waals surface area contributed by atoms with Gasteiger partial charge in [-0.25, -0.2) is 13.1 Å². The molecule has 1 aliphatic rings. The van der Waals surface area contributed by atoms with Gasteiger partial charge in [0.1, 0.15) is 0 Å². The summed E-state index contributed by atoms with van der Waals surface area (Å²) in [5, 5.41) is 2.80. The van der Waals surface area contributed by atoms with E-state index in [9.17, 15) is 13.2 Å². The second kappa shape index (κ2) is 8.63. The van der Waals surface area contributed by atoms with Crippen LogP contribution in [0.4, 0.5) is 0 Å². The minimum absolute atomic E-state index is 0.0218. The fraction of sp³-hybridized carbons (Fsp3) is 0.400. The van der Waals surface area contributed by atoms with Crippen molar-refractivity contribution < 1.29 is 13.2 Å². The van der Waals surface area contributed by atoms with Crippen molar-refractivity contribution in [3.63, 3.8) is 0 Å². The zero-order chi connectivity index (χ0) is 19.3. The monoisotopic (exact) mass is 387 g/mol. The van der Waals surface area contributed by atoms with Gasteiger partial charge in [0.15, 0.2) is 0 Å². The highest BCUT2D eigenvalue weighted by atomic mass is 32.2. The van der Waals surface area contributed by atoms with Gasteiger partial charge in [-0.05, 0) is 49.6 Å². The Labute approximate surface area is 160 Å². The quantitative estimate of drug-likeness (QED) is 0.798. The van der Waals surface area contributed by atoms with Crippen LogP contribution in [0.1, 0.15) is 53.7 Å². The first-order chi connectivity index (χ1) is 13.0. The average Bonchev–Trinajstić information content (AvgIpc) is 2.67. The summed E-state index contributed by atoms with van der Waals surface area (Å²) in [5.74, 6) is -0.312. The number of rotatable bonds is 6. The van der Waals surface area contributed by atoms with Gasteiger partial charge in [0.25, 0.3) is 5.91 Å². The molecule has 1 saturated carbocycles. The van der Waals surface area contributed by atoms with Crippen LogP contribution in [0.25, 0.3) is 0 Å². The van der Waals surface area contributed by atoms with Crippen molar-refractivity contribution in [1.29, 1.82) is 0 Å². The number of nitrogens with zero attached hydrogens (tertiary/aromatic N) is 1. The third-order valence-corrected chi connectivity index (χ3v) is 6.37. The predicted octanol–water partition coefficient (Wildman–Crippen LogP) is 2.93. The normalized spacial score (nSPS) is 15.4. The first-order valence-electron chi connectivity index (χ1n) is 9.27. The van der Waals surface area contributed by atoms with E-state index in [1.807, 2.05) is 18.2 Å². The van der Waals surface area contributed by atoms with E-state index in [1.54, 1.807) is 25.3 Å². The number of sulfonamides is 1. The highest BCUT2D eigenvalue weighted by Crippen LogP contribution is 2.21. The van der Waals surface area contributed by atoms with E-state index in [2.05, 4.69) is 15.0 Å². The molecule has 1 aromatic heterocycles. The summed E-state index contributed by atoms with van der Waals surface area (Å²) in [6.45, 7) is 2.08. The number of hydrogen-bond donors (Lipinski definition) is 2. The molecule has 0 saturated heterocycles. The van der Waals surface area contributed by atoms with Gasteiger partial charge in [0, 0.05) is 17.8 Å². The van der Waals surface area contributed by atoms with Gasteiger partial charge >= 0.3 is 0 Å². The maximum atomic E-state index is 12.7. The van der Waals surface area contributed by atoms with Gasteiger partial charge in [-0.15, -0.1) is 0 Å². The SMILES string of the molecule is Cc1ccc(S(=O)(=O)NC2CCCCC2)cc1C(=O)NCc1ccccn1. The molecule has 2 N–H and O–H groups in total. The van der Waals surface area contributed by atoms with Crippen molar-refractivity contribution in [2.24, 2.45) is 0 Å². The summed E-state index contributed by atoms with van der Waals surface area (Å²) in [4.78, 5) is 16.8. The van der Waals surface area contributed by atoms with E-state index in [0.29, 0.717) is 5.56 Å². The van der Waals surface area contributed by atoms with Crippen LogP contribution < -0.4 is 10.0 Å². The van der Waals surface area contributed by atoms with Crippen LogP contribution >= 0.6 is 0 Å². The highest BCUT2D eigenvalue weighted by molar-refractivity contribution is 7.89. The summed E-state index contributed by atoms with van der Waals surface area (Å²) >= 11 is 0. The van der Waals surface area contributed by atoms with E-state index in [0.717, 1.165) is 43.4 Å². The molecular formula is C20H25N3O3S. The molecule has 1 aliphatic carbocycles. The topological polar surface area (TPSA) is 88.2 Å². The van der Waals surface area contributed by atoms with Crippen LogP contribution in [0.3, 0.4) is 0 Å². The summed E-state index contributed by atoms with van der Waals surface area (Å²) in [5.41, 5.74) is 1.83. The number of hydrogen-bond acceptors (Lipinski definition) is 4. The van der Waals surface area contributed by atoms with Gasteiger partial charge in [0.2, 0.25) is 10.0 Å². The number of carbonyl (C=O) groups is 1. The molecule has 2 aromatic rings. The molecule has 0 aliphatic heterocycles. The van der Waals surface area contributed by atoms with Crippen molar-refractivity contribution in [2.45, 2.75) is 56.5 Å². The van der Waals surface area contributed by atoms with Crippen molar-refractivity contribution in [3.8, 4) is 0 Å². The average molecular weight is 388 g/mol. The number of amides is 1. The summed E-state index contributed by atoms with van der Waals surface area (Å²) in [6.07, 6.45) is 6.63. The van der Waals surface area contributed by atoms with Gasteiger partial charge in [-0.2, -0.15) is 0 Å². The summed E-state index contributed by atoms with van der Waals surface area (Å²) < 4.78 is 28.2. The van der Waals surface area contributed by atoms with Gasteiger partial charge in [0.05, 0.1) is 17.1 Å². The molecule has 1 heterocycles. The molecule has 6 nitrogen and oxygen atoms in total. The van der Waals surface area contributed by atoms with E-state index >= 15 is 0 Å². The standard InChI is InChI=1S/C20H25N3O3S/c1-15-10-11-18(27(25,26)23-16-7-3-2-4-8-16)13-19(15)20(24)22-14-17-9-5-6-12-21-17/h5-6,9-13,16,23H,2-4,7-8,14H2,1H3,(H,22,24). The van der Waals surface area contributed by atoms with Crippen molar-refractivity contribution >= 4 is 15.9 Å². The smallest absolute Gasteiger partial charge is 0.251 e. The van der Waals surface area contributed by atoms with E-state index < -0.39 is 10.0 Å². The van der Waals surface area contributed by atoms with Crippen molar-refractivity contribution in [1.82, 2.24) is 15.0 Å². The van der Waals surface area contributed by atoms with Crippen molar-refractivity contribution in [3.05, 3.63) is 59.4 Å². The molecule has 27 heavy (non-hydrogen) atoms. The number of aryl methyl sites for hydroxylation is 1. The Morgan fingerprint density at radius 2 is 1.93 bits per heavy atom. The Balaban J connectivity index is 1.73. The molecule has 1 amide bonds. The third-order valence-electron chi connectivity index (χ3n) is 4.85. The second-order valence-corrected chi connectivity index (χ2v) is 8.65. The van der Waals surface area contributed by atoms with Gasteiger partial charge < -0.3 is 5.32 Å². The number of pyridine rings is 1. The fourth-order valence-electron chi connectivity index (χ4n) is 3.29. The minimum Gasteiger partial charge on any atom is -0.346 e. The largest absolute Gasteiger partial charge is 0.346 e. The molecule has 0 bridgehead atoms. The maximum Gasteiger partial charge on any atom is 0.251 e. The maximum absolute atomic E-state index is 12.7. The lowest BCUT2D eigenvalue weighted by molar-refractivity contribution is 0.0949. The lowest BCUT2D eigenvalue weighted by atomic mass is 9.96. The zero-order valence-electron chi connectivity index (χ0n) is 15.4. The van der Waals surface area contributed by atoms with Gasteiger partial charge in [-0.3, -0.25) is 9.78 Å². The van der Waals surface area contributed by atoms with Crippen LogP contribution in [0.15, 0.2) is 47.5 Å². The molecule has 0 atom stereocenters. The second-order valence-electron chi connectivity index (χ2n) is 6.94. The molecule has 1 fully saturated rings. The molecule has 0 unspecified atom stereocenters. The lowest BCUT2D eigenvalue weighted by Gasteiger charge is -2.22. The fourth-order valence-corrected chi connectivity index (χ4v) is 4.62. The Morgan fingerprint density at radius 3 is 2.63 bits per heavy atom. The Kier molecular flexibility index (Phi) is 6.23. The molecule has 0 spiro atoms. The van der Waals surface area contributed by atoms with Gasteiger partial charge in [-0.1, -0.05) is 31.4 Å². The zero-order valence-corrected chi connectivity index (χ0v) is 16.3. The van der Waals surface area contributed by atoms with Crippen molar-refractivity contribution in [2.75, 3.05) is 0 Å². The number of carbonyl (C=O) groups excluding carboxylic acids is 1. The van der Waals surface area contributed by atoms with Crippen LogP contribution in [-0.4, -0.2) is 25.4 Å². The van der Waals surface area contributed by atoms with Crippen LogP contribution in [0.2, 0.25) is 0 Å². The Morgan fingerprint density at radius 1 is 1.15 bits per heavy atom. The third kappa shape index (κ3) is 5.14. The molecule has 0 radical (unpaired) electrons. The molecule has 7 heteroatoms. The minimum atomic E-state index is -3.64. The first-order valence-corrected chi connectivity index (χ1v) is 10.7. The van der Waals surface area contributed by atoms with E-state index in [4.69, 9.17) is 0 Å².